The molecule has 0 unspecified atom stereocenters. The van der Waals surface area contributed by atoms with Gasteiger partial charge in [-0.25, -0.2) is 4.79 Å². The molecule has 0 spiro atoms. The highest BCUT2D eigenvalue weighted by Crippen LogP contribution is 2.14. The molecule has 1 aliphatic rings. The summed E-state index contributed by atoms with van der Waals surface area (Å²) in [6.07, 6.45) is 0. The molecular formula is C13H27N3O2. The van der Waals surface area contributed by atoms with E-state index < -0.39 is 0 Å². The fraction of sp³-hybridized carbons (Fsp3) is 0.923. The molecule has 0 aromatic carbocycles. The highest BCUT2D eigenvalue weighted by molar-refractivity contribution is 5.73. The van der Waals surface area contributed by atoms with E-state index in [9.17, 15) is 4.79 Å². The molecule has 2 amide bonds. The van der Waals surface area contributed by atoms with Crippen molar-refractivity contribution in [3.63, 3.8) is 0 Å². The lowest BCUT2D eigenvalue weighted by atomic mass is 10.0. The third-order valence-electron chi connectivity index (χ3n) is 3.22. The second-order valence-electron chi connectivity index (χ2n) is 5.87. The van der Waals surface area contributed by atoms with E-state index in [1.54, 1.807) is 0 Å². The molecule has 0 aliphatic carbocycles. The van der Waals surface area contributed by atoms with Crippen LogP contribution in [0.1, 0.15) is 27.7 Å². The van der Waals surface area contributed by atoms with Gasteiger partial charge in [0.2, 0.25) is 0 Å². The molecule has 0 atom stereocenters. The first-order valence-corrected chi connectivity index (χ1v) is 6.76. The Morgan fingerprint density at radius 3 is 2.44 bits per heavy atom. The van der Waals surface area contributed by atoms with Gasteiger partial charge in [0.25, 0.3) is 0 Å². The lowest BCUT2D eigenvalue weighted by molar-refractivity contribution is -0.00874. The normalized spacial score (nSPS) is 17.8. The Labute approximate surface area is 110 Å². The van der Waals surface area contributed by atoms with Crippen LogP contribution >= 0.6 is 0 Å². The Morgan fingerprint density at radius 2 is 1.89 bits per heavy atom. The summed E-state index contributed by atoms with van der Waals surface area (Å²) in [5.41, 5.74) is -0.0288. The molecule has 1 fully saturated rings. The smallest absolute Gasteiger partial charge is 0.314 e. The van der Waals surface area contributed by atoms with Crippen LogP contribution in [0.4, 0.5) is 4.79 Å². The minimum atomic E-state index is -0.0787. The summed E-state index contributed by atoms with van der Waals surface area (Å²) in [7, 11) is 0. The molecule has 5 nitrogen and oxygen atoms in total. The van der Waals surface area contributed by atoms with Crippen LogP contribution in [0.25, 0.3) is 0 Å². The highest BCUT2D eigenvalue weighted by Gasteiger charge is 2.28. The molecule has 0 aromatic rings. The standard InChI is InChI=1S/C13H27N3O2/c1-11(2)9-14-12(17)15-10-13(3,4)16-5-7-18-8-6-16/h11H,5-10H2,1-4H3,(H2,14,15,17). The van der Waals surface area contributed by atoms with E-state index in [1.165, 1.54) is 0 Å². The van der Waals surface area contributed by atoms with E-state index in [0.29, 0.717) is 19.0 Å². The molecule has 0 radical (unpaired) electrons. The molecule has 0 bridgehead atoms. The van der Waals surface area contributed by atoms with E-state index in [0.717, 1.165) is 26.3 Å². The number of nitrogens with one attached hydrogen (secondary N) is 2. The second-order valence-corrected chi connectivity index (χ2v) is 5.87. The van der Waals surface area contributed by atoms with E-state index in [-0.39, 0.29) is 11.6 Å². The van der Waals surface area contributed by atoms with E-state index in [4.69, 9.17) is 4.74 Å². The molecule has 1 heterocycles. The summed E-state index contributed by atoms with van der Waals surface area (Å²) in [6.45, 7) is 13.3. The molecule has 0 saturated carbocycles. The number of ether oxygens (including phenoxy) is 1. The zero-order valence-electron chi connectivity index (χ0n) is 12.1. The lowest BCUT2D eigenvalue weighted by Gasteiger charge is -2.40. The fourth-order valence-corrected chi connectivity index (χ4v) is 1.94. The molecule has 5 heteroatoms. The van der Waals surface area contributed by atoms with Crippen LogP contribution in [0.5, 0.6) is 0 Å². The van der Waals surface area contributed by atoms with Crippen LogP contribution in [-0.2, 0) is 4.74 Å². The zero-order chi connectivity index (χ0) is 13.6. The Morgan fingerprint density at radius 1 is 1.28 bits per heavy atom. The average Bonchev–Trinajstić information content (AvgIpc) is 2.35. The van der Waals surface area contributed by atoms with Gasteiger partial charge < -0.3 is 15.4 Å². The van der Waals surface area contributed by atoms with E-state index in [2.05, 4.69) is 43.2 Å². The zero-order valence-corrected chi connectivity index (χ0v) is 12.1. The van der Waals surface area contributed by atoms with Gasteiger partial charge in [-0.1, -0.05) is 13.8 Å². The molecule has 1 rings (SSSR count). The first-order chi connectivity index (χ1) is 8.42. The van der Waals surface area contributed by atoms with Gasteiger partial charge in [0.05, 0.1) is 13.2 Å². The number of morpholine rings is 1. The minimum Gasteiger partial charge on any atom is -0.379 e. The van der Waals surface area contributed by atoms with E-state index in [1.807, 2.05) is 0 Å². The molecule has 106 valence electrons. The van der Waals surface area contributed by atoms with Crippen LogP contribution < -0.4 is 10.6 Å². The van der Waals surface area contributed by atoms with Gasteiger partial charge in [-0.2, -0.15) is 0 Å². The Balaban J connectivity index is 2.29. The number of nitrogens with zero attached hydrogens (tertiary/aromatic N) is 1. The fourth-order valence-electron chi connectivity index (χ4n) is 1.94. The van der Waals surface area contributed by atoms with E-state index >= 15 is 0 Å². The lowest BCUT2D eigenvalue weighted by Crippen LogP contribution is -2.56. The molecule has 0 aromatic heterocycles. The van der Waals surface area contributed by atoms with Crippen molar-refractivity contribution in [2.45, 2.75) is 33.2 Å². The maximum atomic E-state index is 11.6. The van der Waals surface area contributed by atoms with Gasteiger partial charge in [0, 0.05) is 31.7 Å². The third kappa shape index (κ3) is 5.23. The number of carbonyl (C=O) groups excluding carboxylic acids is 1. The summed E-state index contributed by atoms with van der Waals surface area (Å²) in [5.74, 6) is 0.475. The summed E-state index contributed by atoms with van der Waals surface area (Å²) in [6, 6.07) is -0.0787. The second kappa shape index (κ2) is 6.95. The minimum absolute atomic E-state index is 0.0288. The largest absolute Gasteiger partial charge is 0.379 e. The third-order valence-corrected chi connectivity index (χ3v) is 3.22. The van der Waals surface area contributed by atoms with Crippen molar-refractivity contribution >= 4 is 6.03 Å². The van der Waals surface area contributed by atoms with Crippen molar-refractivity contribution in [2.75, 3.05) is 39.4 Å². The van der Waals surface area contributed by atoms with Crippen molar-refractivity contribution in [3.8, 4) is 0 Å². The Kier molecular flexibility index (Phi) is 5.88. The molecule has 18 heavy (non-hydrogen) atoms. The SMILES string of the molecule is CC(C)CNC(=O)NCC(C)(C)N1CCOCC1. The maximum Gasteiger partial charge on any atom is 0.314 e. The molecule has 1 aliphatic heterocycles. The van der Waals surface area contributed by atoms with Crippen LogP contribution in [0.3, 0.4) is 0 Å². The summed E-state index contributed by atoms with van der Waals surface area (Å²) in [5, 5.41) is 5.81. The first kappa shape index (κ1) is 15.2. The highest BCUT2D eigenvalue weighted by atomic mass is 16.5. The number of rotatable bonds is 5. The number of hydrogen-bond donors (Lipinski definition) is 2. The summed E-state index contributed by atoms with van der Waals surface area (Å²) < 4.78 is 5.34. The summed E-state index contributed by atoms with van der Waals surface area (Å²) in [4.78, 5) is 14.0. The molecular weight excluding hydrogens is 230 g/mol. The monoisotopic (exact) mass is 257 g/mol. The van der Waals surface area contributed by atoms with Gasteiger partial charge in [-0.15, -0.1) is 0 Å². The molecule has 1 saturated heterocycles. The van der Waals surface area contributed by atoms with Crippen molar-refractivity contribution in [3.05, 3.63) is 0 Å². The quantitative estimate of drug-likeness (QED) is 0.774. The maximum absolute atomic E-state index is 11.6. The predicted molar refractivity (Wildman–Crippen MR) is 72.7 cm³/mol. The number of hydrogen-bond acceptors (Lipinski definition) is 3. The van der Waals surface area contributed by atoms with Crippen LogP contribution in [0.2, 0.25) is 0 Å². The Hall–Kier alpha value is -0.810. The van der Waals surface area contributed by atoms with Gasteiger partial charge >= 0.3 is 6.03 Å². The van der Waals surface area contributed by atoms with Gasteiger partial charge in [0.15, 0.2) is 0 Å². The van der Waals surface area contributed by atoms with Crippen molar-refractivity contribution in [1.29, 1.82) is 0 Å². The van der Waals surface area contributed by atoms with Crippen molar-refractivity contribution < 1.29 is 9.53 Å². The van der Waals surface area contributed by atoms with Gasteiger partial charge in [-0.3, -0.25) is 4.90 Å². The summed E-state index contributed by atoms with van der Waals surface area (Å²) >= 11 is 0. The number of carbonyl (C=O) groups is 1. The van der Waals surface area contributed by atoms with Crippen LogP contribution in [-0.4, -0.2) is 55.9 Å². The number of urea groups is 1. The van der Waals surface area contributed by atoms with Crippen LogP contribution in [0.15, 0.2) is 0 Å². The number of amides is 2. The van der Waals surface area contributed by atoms with Crippen LogP contribution in [0, 0.1) is 5.92 Å². The van der Waals surface area contributed by atoms with Gasteiger partial charge in [-0.05, 0) is 19.8 Å². The Bertz CT molecular complexity index is 261. The molecule has 2 N–H and O–H groups in total. The topological polar surface area (TPSA) is 53.6 Å². The predicted octanol–water partition coefficient (Wildman–Crippen LogP) is 1.05. The first-order valence-electron chi connectivity index (χ1n) is 6.76. The van der Waals surface area contributed by atoms with Crippen molar-refractivity contribution in [1.82, 2.24) is 15.5 Å². The van der Waals surface area contributed by atoms with Crippen molar-refractivity contribution in [2.24, 2.45) is 5.92 Å². The van der Waals surface area contributed by atoms with Gasteiger partial charge in [0.1, 0.15) is 0 Å². The average molecular weight is 257 g/mol.